The highest BCUT2D eigenvalue weighted by Crippen LogP contribution is 2.40. The molecule has 20 heavy (non-hydrogen) atoms. The average Bonchev–Trinajstić information content (AvgIpc) is 2.80. The lowest BCUT2D eigenvalue weighted by molar-refractivity contribution is -0.137. The van der Waals surface area contributed by atoms with Crippen LogP contribution in [0.2, 0.25) is 0 Å². The second-order valence-corrected chi connectivity index (χ2v) is 6.66. The van der Waals surface area contributed by atoms with E-state index in [4.69, 9.17) is 0 Å². The van der Waals surface area contributed by atoms with Crippen molar-refractivity contribution in [2.45, 2.75) is 22.7 Å². The highest BCUT2D eigenvalue weighted by molar-refractivity contribution is 8.00. The van der Waals surface area contributed by atoms with Crippen molar-refractivity contribution in [1.82, 2.24) is 10.2 Å². The highest BCUT2D eigenvalue weighted by atomic mass is 32.2. The van der Waals surface area contributed by atoms with Crippen LogP contribution in [0.5, 0.6) is 0 Å². The molecule has 0 spiro atoms. The van der Waals surface area contributed by atoms with E-state index in [1.165, 1.54) is 12.1 Å². The maximum absolute atomic E-state index is 12.7. The van der Waals surface area contributed by atoms with E-state index in [2.05, 4.69) is 10.2 Å². The molecule has 1 fully saturated rings. The summed E-state index contributed by atoms with van der Waals surface area (Å²) in [5.74, 6) is 0. The summed E-state index contributed by atoms with van der Waals surface area (Å²) >= 11 is 1.60. The Hall–Kier alpha value is -0.720. The molecule has 1 saturated heterocycles. The lowest BCUT2D eigenvalue weighted by Gasteiger charge is -2.29. The van der Waals surface area contributed by atoms with Gasteiger partial charge in [0.15, 0.2) is 0 Å². The van der Waals surface area contributed by atoms with Gasteiger partial charge in [0.1, 0.15) is 0 Å². The topological polar surface area (TPSA) is 15.3 Å². The Morgan fingerprint density at radius 1 is 1.25 bits per heavy atom. The van der Waals surface area contributed by atoms with Crippen molar-refractivity contribution in [1.29, 1.82) is 0 Å². The second-order valence-electron chi connectivity index (χ2n) is 5.31. The summed E-state index contributed by atoms with van der Waals surface area (Å²) in [5, 5.41) is 3.69. The number of nitrogens with one attached hydrogen (secondary N) is 1. The van der Waals surface area contributed by atoms with Gasteiger partial charge < -0.3 is 5.32 Å². The maximum atomic E-state index is 12.7. The van der Waals surface area contributed by atoms with E-state index >= 15 is 0 Å². The third-order valence-corrected chi connectivity index (χ3v) is 5.09. The first-order valence-corrected chi connectivity index (χ1v) is 7.70. The van der Waals surface area contributed by atoms with Crippen molar-refractivity contribution in [2.24, 2.45) is 0 Å². The van der Waals surface area contributed by atoms with E-state index in [1.807, 2.05) is 0 Å². The first kappa shape index (κ1) is 14.2. The molecule has 1 aromatic rings. The first-order chi connectivity index (χ1) is 9.52. The molecule has 1 aromatic carbocycles. The fraction of sp³-hybridized carbons (Fsp3) is 0.571. The van der Waals surface area contributed by atoms with E-state index in [0.29, 0.717) is 5.25 Å². The molecule has 0 aliphatic carbocycles. The number of rotatable bonds is 2. The van der Waals surface area contributed by atoms with Gasteiger partial charge in [0.25, 0.3) is 0 Å². The van der Waals surface area contributed by atoms with Crippen molar-refractivity contribution < 1.29 is 13.2 Å². The minimum Gasteiger partial charge on any atom is -0.314 e. The van der Waals surface area contributed by atoms with Gasteiger partial charge in [-0.1, -0.05) is 6.07 Å². The molecule has 2 aliphatic rings. The van der Waals surface area contributed by atoms with Crippen LogP contribution in [0.25, 0.3) is 0 Å². The third-order valence-electron chi connectivity index (χ3n) is 3.81. The van der Waals surface area contributed by atoms with E-state index in [-0.39, 0.29) is 0 Å². The summed E-state index contributed by atoms with van der Waals surface area (Å²) in [6, 6.07) is 4.15. The van der Waals surface area contributed by atoms with Gasteiger partial charge in [-0.25, -0.2) is 0 Å². The fourth-order valence-corrected chi connectivity index (χ4v) is 4.16. The Labute approximate surface area is 120 Å². The van der Waals surface area contributed by atoms with E-state index in [1.54, 1.807) is 17.8 Å². The molecule has 110 valence electrons. The number of nitrogens with zero attached hydrogens (tertiary/aromatic N) is 1. The third kappa shape index (κ3) is 3.13. The minimum atomic E-state index is -4.24. The quantitative estimate of drug-likeness (QED) is 0.904. The Morgan fingerprint density at radius 2 is 2.00 bits per heavy atom. The van der Waals surface area contributed by atoms with Gasteiger partial charge >= 0.3 is 6.18 Å². The number of alkyl halides is 3. The molecule has 1 N–H and O–H groups in total. The van der Waals surface area contributed by atoms with Crippen molar-refractivity contribution in [2.75, 3.05) is 32.7 Å². The molecule has 0 saturated carbocycles. The summed E-state index contributed by atoms with van der Waals surface area (Å²) in [6.45, 7) is 5.02. The molecule has 0 aromatic heterocycles. The van der Waals surface area contributed by atoms with Crippen LogP contribution in [0, 0.1) is 0 Å². The molecule has 3 rings (SSSR count). The van der Waals surface area contributed by atoms with Crippen LogP contribution < -0.4 is 5.32 Å². The standard InChI is InChI=1S/C14H17F3N2S/c15-14(16,17)11-2-1-10-7-12(20-13(10)8-11)9-19-5-3-18-4-6-19/h1-2,8,12,18H,3-7,9H2. The van der Waals surface area contributed by atoms with Crippen molar-refractivity contribution >= 4 is 11.8 Å². The van der Waals surface area contributed by atoms with Crippen LogP contribution in [-0.2, 0) is 12.6 Å². The molecule has 2 heterocycles. The molecule has 0 radical (unpaired) electrons. The van der Waals surface area contributed by atoms with E-state index in [9.17, 15) is 13.2 Å². The maximum Gasteiger partial charge on any atom is 0.416 e. The van der Waals surface area contributed by atoms with Gasteiger partial charge in [-0.2, -0.15) is 13.2 Å². The summed E-state index contributed by atoms with van der Waals surface area (Å²) < 4.78 is 38.1. The summed E-state index contributed by atoms with van der Waals surface area (Å²) in [7, 11) is 0. The normalized spacial score (nSPS) is 23.9. The second kappa shape index (κ2) is 5.58. The van der Waals surface area contributed by atoms with Crippen LogP contribution >= 0.6 is 11.8 Å². The highest BCUT2D eigenvalue weighted by Gasteiger charge is 2.33. The smallest absolute Gasteiger partial charge is 0.314 e. The van der Waals surface area contributed by atoms with Gasteiger partial charge in [0.05, 0.1) is 5.56 Å². The minimum absolute atomic E-state index is 0.381. The molecule has 0 bridgehead atoms. The number of piperazine rings is 1. The summed E-state index contributed by atoms with van der Waals surface area (Å²) in [4.78, 5) is 3.20. The molecular formula is C14H17F3N2S. The Kier molecular flexibility index (Phi) is 3.97. The molecule has 6 heteroatoms. The van der Waals surface area contributed by atoms with Crippen LogP contribution in [0.3, 0.4) is 0 Å². The summed E-state index contributed by atoms with van der Waals surface area (Å²) in [6.07, 6.45) is -3.37. The SMILES string of the molecule is FC(F)(F)c1ccc2c(c1)SC(CN1CCNCC1)C2. The zero-order chi connectivity index (χ0) is 14.2. The van der Waals surface area contributed by atoms with Crippen molar-refractivity contribution in [3.05, 3.63) is 29.3 Å². The van der Waals surface area contributed by atoms with Gasteiger partial charge in [0.2, 0.25) is 0 Å². The van der Waals surface area contributed by atoms with Crippen LogP contribution in [0.1, 0.15) is 11.1 Å². The van der Waals surface area contributed by atoms with E-state index in [0.717, 1.165) is 49.6 Å². The monoisotopic (exact) mass is 302 g/mol. The van der Waals surface area contributed by atoms with Gasteiger partial charge in [-0.15, -0.1) is 11.8 Å². The Balaban J connectivity index is 1.66. The Morgan fingerprint density at radius 3 is 2.70 bits per heavy atom. The number of thioether (sulfide) groups is 1. The molecular weight excluding hydrogens is 285 g/mol. The van der Waals surface area contributed by atoms with Crippen LogP contribution in [-0.4, -0.2) is 42.9 Å². The van der Waals surface area contributed by atoms with Crippen molar-refractivity contribution in [3.63, 3.8) is 0 Å². The number of hydrogen-bond acceptors (Lipinski definition) is 3. The predicted molar refractivity (Wildman–Crippen MR) is 74.1 cm³/mol. The van der Waals surface area contributed by atoms with Gasteiger partial charge in [-0.3, -0.25) is 4.90 Å². The number of hydrogen-bond donors (Lipinski definition) is 1. The number of benzene rings is 1. The first-order valence-electron chi connectivity index (χ1n) is 6.82. The fourth-order valence-electron chi connectivity index (χ4n) is 2.76. The molecule has 2 aliphatic heterocycles. The molecule has 2 nitrogen and oxygen atoms in total. The van der Waals surface area contributed by atoms with Gasteiger partial charge in [-0.05, 0) is 24.1 Å². The molecule has 1 atom stereocenters. The summed E-state index contributed by atoms with van der Waals surface area (Å²) in [5.41, 5.74) is 0.523. The predicted octanol–water partition coefficient (Wildman–Crippen LogP) is 2.63. The number of halogens is 3. The zero-order valence-electron chi connectivity index (χ0n) is 11.0. The van der Waals surface area contributed by atoms with E-state index < -0.39 is 11.7 Å². The largest absolute Gasteiger partial charge is 0.416 e. The van der Waals surface area contributed by atoms with Gasteiger partial charge in [0, 0.05) is 42.9 Å². The molecule has 0 amide bonds. The average molecular weight is 302 g/mol. The van der Waals surface area contributed by atoms with Crippen molar-refractivity contribution in [3.8, 4) is 0 Å². The molecule has 1 unspecified atom stereocenters. The number of fused-ring (bicyclic) bond motifs is 1. The lowest BCUT2D eigenvalue weighted by atomic mass is 10.1. The van der Waals surface area contributed by atoms with Crippen LogP contribution in [0.4, 0.5) is 13.2 Å². The van der Waals surface area contributed by atoms with Crippen LogP contribution in [0.15, 0.2) is 23.1 Å². The lowest BCUT2D eigenvalue weighted by Crippen LogP contribution is -2.45. The Bertz CT molecular complexity index is 484. The zero-order valence-corrected chi connectivity index (χ0v) is 11.9.